The zero-order chi connectivity index (χ0) is 18.8. The van der Waals surface area contributed by atoms with Gasteiger partial charge in [-0.3, -0.25) is 9.88 Å². The zero-order valence-corrected chi connectivity index (χ0v) is 15.9. The molecule has 4 rings (SSSR count). The van der Waals surface area contributed by atoms with Crippen molar-refractivity contribution >= 4 is 10.9 Å². The molecule has 27 heavy (non-hydrogen) atoms. The highest BCUT2D eigenvalue weighted by Gasteiger charge is 2.19. The Morgan fingerprint density at radius 1 is 1.15 bits per heavy atom. The van der Waals surface area contributed by atoms with Crippen LogP contribution in [0.1, 0.15) is 36.6 Å². The molecule has 1 aliphatic rings. The van der Waals surface area contributed by atoms with E-state index in [1.807, 2.05) is 38.2 Å². The number of nitrogens with zero attached hydrogens (tertiary/aromatic N) is 2. The Balaban J connectivity index is 1.55. The molecule has 2 heterocycles. The van der Waals surface area contributed by atoms with E-state index in [1.165, 1.54) is 10.9 Å². The van der Waals surface area contributed by atoms with Crippen LogP contribution in [0.2, 0.25) is 0 Å². The van der Waals surface area contributed by atoms with Crippen molar-refractivity contribution in [2.24, 2.45) is 5.92 Å². The molecule has 0 fully saturated rings. The van der Waals surface area contributed by atoms with Crippen molar-refractivity contribution in [2.75, 3.05) is 13.2 Å². The second kappa shape index (κ2) is 7.67. The Bertz CT molecular complexity index is 939. The van der Waals surface area contributed by atoms with E-state index in [1.54, 1.807) is 0 Å². The van der Waals surface area contributed by atoms with Crippen LogP contribution in [0.25, 0.3) is 10.9 Å². The summed E-state index contributed by atoms with van der Waals surface area (Å²) in [4.78, 5) is 6.79. The number of hydrogen-bond donors (Lipinski definition) is 1. The Hall–Kier alpha value is -2.43. The van der Waals surface area contributed by atoms with Crippen LogP contribution < -0.4 is 4.74 Å². The lowest BCUT2D eigenvalue weighted by molar-refractivity contribution is 0.126. The number of benzene rings is 2. The van der Waals surface area contributed by atoms with Gasteiger partial charge in [0.05, 0.1) is 11.6 Å². The summed E-state index contributed by atoms with van der Waals surface area (Å²) in [6.07, 6.45) is 1.38. The first-order valence-corrected chi connectivity index (χ1v) is 9.60. The molecule has 1 aromatic heterocycles. The number of aliphatic hydroxyl groups excluding tert-OH is 1. The maximum absolute atomic E-state index is 10.4. The summed E-state index contributed by atoms with van der Waals surface area (Å²) in [5.74, 6) is 1.12. The second-order valence-corrected chi connectivity index (χ2v) is 7.65. The molecular weight excluding hydrogens is 336 g/mol. The highest BCUT2D eigenvalue weighted by atomic mass is 16.5. The van der Waals surface area contributed by atoms with Crippen molar-refractivity contribution in [3.05, 3.63) is 71.4 Å². The smallest absolute Gasteiger partial charge is 0.123 e. The van der Waals surface area contributed by atoms with Gasteiger partial charge < -0.3 is 9.84 Å². The summed E-state index contributed by atoms with van der Waals surface area (Å²) in [7, 11) is 0. The van der Waals surface area contributed by atoms with E-state index >= 15 is 0 Å². The molecule has 3 aromatic rings. The van der Waals surface area contributed by atoms with Crippen molar-refractivity contribution in [1.82, 2.24) is 9.88 Å². The second-order valence-electron chi connectivity index (χ2n) is 7.65. The molecule has 0 amide bonds. The van der Waals surface area contributed by atoms with E-state index in [9.17, 15) is 5.11 Å². The SMILES string of the molecule is CC(C)C(O)c1ccc2c(c1)CN(Cc1ccc3ncccc3c1)CCO2. The number of aromatic nitrogens is 1. The van der Waals surface area contributed by atoms with Gasteiger partial charge in [-0.1, -0.05) is 32.0 Å². The summed E-state index contributed by atoms with van der Waals surface area (Å²) < 4.78 is 5.95. The maximum Gasteiger partial charge on any atom is 0.123 e. The zero-order valence-electron chi connectivity index (χ0n) is 15.9. The van der Waals surface area contributed by atoms with Gasteiger partial charge in [-0.15, -0.1) is 0 Å². The Morgan fingerprint density at radius 3 is 2.89 bits per heavy atom. The van der Waals surface area contributed by atoms with Crippen LogP contribution >= 0.6 is 0 Å². The highest BCUT2D eigenvalue weighted by molar-refractivity contribution is 5.78. The van der Waals surface area contributed by atoms with E-state index in [2.05, 4.69) is 40.2 Å². The van der Waals surface area contributed by atoms with Crippen LogP contribution in [-0.4, -0.2) is 28.1 Å². The number of ether oxygens (including phenoxy) is 1. The van der Waals surface area contributed by atoms with Crippen molar-refractivity contribution in [3.8, 4) is 5.75 Å². The van der Waals surface area contributed by atoms with Crippen molar-refractivity contribution in [1.29, 1.82) is 0 Å². The molecule has 0 saturated heterocycles. The first-order valence-electron chi connectivity index (χ1n) is 9.60. The molecule has 4 heteroatoms. The number of rotatable bonds is 4. The molecule has 0 saturated carbocycles. The molecule has 1 atom stereocenters. The molecule has 140 valence electrons. The molecule has 0 radical (unpaired) electrons. The van der Waals surface area contributed by atoms with Gasteiger partial charge in [-0.05, 0) is 47.4 Å². The number of aliphatic hydroxyl groups is 1. The first-order chi connectivity index (χ1) is 13.1. The fourth-order valence-electron chi connectivity index (χ4n) is 3.65. The summed E-state index contributed by atoms with van der Waals surface area (Å²) >= 11 is 0. The average molecular weight is 362 g/mol. The summed E-state index contributed by atoms with van der Waals surface area (Å²) in [5, 5.41) is 11.6. The molecule has 0 aliphatic carbocycles. The van der Waals surface area contributed by atoms with Crippen LogP contribution in [0.15, 0.2) is 54.7 Å². The standard InChI is InChI=1S/C23H26N2O2/c1-16(2)23(26)19-6-8-22-20(13-19)15-25(10-11-27-22)14-17-5-7-21-18(12-17)4-3-9-24-21/h3-9,12-13,16,23,26H,10-11,14-15H2,1-2H3. The minimum atomic E-state index is -0.444. The van der Waals surface area contributed by atoms with Gasteiger partial charge >= 0.3 is 0 Å². The number of hydrogen-bond acceptors (Lipinski definition) is 4. The molecule has 0 spiro atoms. The topological polar surface area (TPSA) is 45.6 Å². The highest BCUT2D eigenvalue weighted by Crippen LogP contribution is 2.30. The number of pyridine rings is 1. The Labute approximate surface area is 160 Å². The van der Waals surface area contributed by atoms with Crippen LogP contribution in [0, 0.1) is 5.92 Å². The van der Waals surface area contributed by atoms with E-state index in [-0.39, 0.29) is 5.92 Å². The van der Waals surface area contributed by atoms with Crippen LogP contribution in [0.3, 0.4) is 0 Å². The number of fused-ring (bicyclic) bond motifs is 2. The van der Waals surface area contributed by atoms with Gasteiger partial charge in [-0.25, -0.2) is 0 Å². The third-order valence-corrected chi connectivity index (χ3v) is 5.19. The molecule has 4 nitrogen and oxygen atoms in total. The fraction of sp³-hybridized carbons (Fsp3) is 0.348. The van der Waals surface area contributed by atoms with E-state index in [4.69, 9.17) is 4.74 Å². The van der Waals surface area contributed by atoms with Crippen LogP contribution in [-0.2, 0) is 13.1 Å². The lowest BCUT2D eigenvalue weighted by atomic mass is 9.97. The molecule has 0 bridgehead atoms. The van der Waals surface area contributed by atoms with Gasteiger partial charge in [0.1, 0.15) is 12.4 Å². The lowest BCUT2D eigenvalue weighted by Gasteiger charge is -2.21. The van der Waals surface area contributed by atoms with Crippen molar-refractivity contribution in [3.63, 3.8) is 0 Å². The monoisotopic (exact) mass is 362 g/mol. The quantitative estimate of drug-likeness (QED) is 0.751. The molecular formula is C23H26N2O2. The Morgan fingerprint density at radius 2 is 2.04 bits per heavy atom. The van der Waals surface area contributed by atoms with E-state index < -0.39 is 6.10 Å². The molecule has 2 aromatic carbocycles. The van der Waals surface area contributed by atoms with E-state index in [0.717, 1.165) is 42.0 Å². The van der Waals surface area contributed by atoms with Gasteiger partial charge in [0.15, 0.2) is 0 Å². The van der Waals surface area contributed by atoms with Crippen molar-refractivity contribution < 1.29 is 9.84 Å². The Kier molecular flexibility index (Phi) is 5.10. The largest absolute Gasteiger partial charge is 0.492 e. The van der Waals surface area contributed by atoms with Gasteiger partial charge in [0, 0.05) is 36.8 Å². The maximum atomic E-state index is 10.4. The molecule has 1 aliphatic heterocycles. The van der Waals surface area contributed by atoms with Gasteiger partial charge in [0.2, 0.25) is 0 Å². The fourth-order valence-corrected chi connectivity index (χ4v) is 3.65. The van der Waals surface area contributed by atoms with Crippen molar-refractivity contribution in [2.45, 2.75) is 33.0 Å². The summed E-state index contributed by atoms with van der Waals surface area (Å²) in [6, 6.07) is 16.6. The van der Waals surface area contributed by atoms with E-state index in [0.29, 0.717) is 6.61 Å². The van der Waals surface area contributed by atoms with Crippen LogP contribution in [0.5, 0.6) is 5.75 Å². The minimum absolute atomic E-state index is 0.192. The summed E-state index contributed by atoms with van der Waals surface area (Å²) in [5.41, 5.74) is 4.41. The molecule has 1 N–H and O–H groups in total. The van der Waals surface area contributed by atoms with Gasteiger partial charge in [-0.2, -0.15) is 0 Å². The first kappa shape index (κ1) is 18.0. The third kappa shape index (κ3) is 3.97. The predicted octanol–water partition coefficient (Wildman–Crippen LogP) is 4.32. The normalized spacial score (nSPS) is 16.0. The van der Waals surface area contributed by atoms with Crippen LogP contribution in [0.4, 0.5) is 0 Å². The predicted molar refractivity (Wildman–Crippen MR) is 108 cm³/mol. The van der Waals surface area contributed by atoms with Gasteiger partial charge in [0.25, 0.3) is 0 Å². The average Bonchev–Trinajstić information content (AvgIpc) is 2.88. The lowest BCUT2D eigenvalue weighted by Crippen LogP contribution is -2.25. The third-order valence-electron chi connectivity index (χ3n) is 5.19. The minimum Gasteiger partial charge on any atom is -0.492 e. The molecule has 1 unspecified atom stereocenters. The summed E-state index contributed by atoms with van der Waals surface area (Å²) in [6.45, 7) is 7.31.